The Hall–Kier alpha value is -3.33. The lowest BCUT2D eigenvalue weighted by atomic mass is 10.2. The number of amides is 1. The molecule has 1 heterocycles. The maximum absolute atomic E-state index is 11.9. The number of rotatable bonds is 5. The van der Waals surface area contributed by atoms with Crippen molar-refractivity contribution in [3.63, 3.8) is 0 Å². The van der Waals surface area contributed by atoms with Crippen LogP contribution < -0.4 is 5.43 Å². The van der Waals surface area contributed by atoms with Gasteiger partial charge in [0, 0.05) is 22.7 Å². The van der Waals surface area contributed by atoms with Crippen molar-refractivity contribution in [3.05, 3.63) is 63.2 Å². The van der Waals surface area contributed by atoms with Gasteiger partial charge in [-0.3, -0.25) is 14.9 Å². The number of halogens is 1. The third-order valence-corrected chi connectivity index (χ3v) is 3.64. The molecule has 126 valence electrons. The molecule has 25 heavy (non-hydrogen) atoms. The van der Waals surface area contributed by atoms with Crippen LogP contribution in [0.5, 0.6) is 0 Å². The smallest absolute Gasteiger partial charge is 0.270 e. The third-order valence-electron chi connectivity index (χ3n) is 3.30. The number of nitrogens with one attached hydrogen (secondary N) is 1. The number of hydrogen-bond acceptors (Lipinski definition) is 6. The Balaban J connectivity index is 1.67. The van der Waals surface area contributed by atoms with Crippen LogP contribution in [0.2, 0.25) is 5.02 Å². The minimum absolute atomic E-state index is 0.0689. The molecule has 0 saturated heterocycles. The van der Waals surface area contributed by atoms with E-state index < -0.39 is 10.8 Å². The Morgan fingerprint density at radius 2 is 2.16 bits per heavy atom. The topological polar surface area (TPSA) is 115 Å². The molecule has 0 bridgehead atoms. The molecule has 0 aliphatic rings. The molecule has 0 radical (unpaired) electrons. The molecule has 1 aromatic heterocycles. The van der Waals surface area contributed by atoms with Gasteiger partial charge in [0.1, 0.15) is 12.1 Å². The first-order chi connectivity index (χ1) is 12.0. The minimum Gasteiger partial charge on any atom is -0.271 e. The monoisotopic (exact) mass is 358 g/mol. The van der Waals surface area contributed by atoms with Gasteiger partial charge in [0.25, 0.3) is 11.6 Å². The van der Waals surface area contributed by atoms with Crippen LogP contribution in [0.3, 0.4) is 0 Å². The molecule has 0 atom stereocenters. The van der Waals surface area contributed by atoms with E-state index in [9.17, 15) is 14.9 Å². The van der Waals surface area contributed by atoms with Crippen molar-refractivity contribution >= 4 is 40.4 Å². The minimum atomic E-state index is -0.540. The second kappa shape index (κ2) is 7.05. The highest BCUT2D eigenvalue weighted by atomic mass is 35.5. The molecule has 3 rings (SSSR count). The molecule has 0 aliphatic carbocycles. The van der Waals surface area contributed by atoms with Crippen LogP contribution in [-0.4, -0.2) is 32.0 Å². The van der Waals surface area contributed by atoms with Crippen molar-refractivity contribution in [2.24, 2.45) is 5.10 Å². The summed E-state index contributed by atoms with van der Waals surface area (Å²) in [5.41, 5.74) is 3.93. The predicted molar refractivity (Wildman–Crippen MR) is 91.4 cm³/mol. The second-order valence-electron chi connectivity index (χ2n) is 4.99. The number of carbonyl (C=O) groups is 1. The van der Waals surface area contributed by atoms with Crippen LogP contribution in [0.25, 0.3) is 11.0 Å². The zero-order valence-electron chi connectivity index (χ0n) is 12.7. The number of non-ortho nitro benzene ring substituents is 1. The van der Waals surface area contributed by atoms with Gasteiger partial charge in [0.15, 0.2) is 0 Å². The van der Waals surface area contributed by atoms with Crippen molar-refractivity contribution in [2.45, 2.75) is 6.54 Å². The van der Waals surface area contributed by atoms with Crippen LogP contribution in [0.4, 0.5) is 5.69 Å². The van der Waals surface area contributed by atoms with Crippen LogP contribution in [0, 0.1) is 10.1 Å². The number of nitro groups is 1. The Labute approximate surface area is 146 Å². The summed E-state index contributed by atoms with van der Waals surface area (Å²) in [4.78, 5) is 22.2. The van der Waals surface area contributed by atoms with Gasteiger partial charge in [-0.1, -0.05) is 28.9 Å². The summed E-state index contributed by atoms with van der Waals surface area (Å²) in [6.07, 6.45) is 1.24. The summed E-state index contributed by atoms with van der Waals surface area (Å²) in [6.45, 7) is -0.0689. The van der Waals surface area contributed by atoms with Gasteiger partial charge in [-0.05, 0) is 18.2 Å². The number of fused-ring (bicyclic) bond motifs is 1. The molecule has 0 aliphatic heterocycles. The van der Waals surface area contributed by atoms with E-state index in [1.54, 1.807) is 12.1 Å². The van der Waals surface area contributed by atoms with E-state index in [0.29, 0.717) is 11.1 Å². The van der Waals surface area contributed by atoms with Gasteiger partial charge in [0.05, 0.1) is 16.7 Å². The lowest BCUT2D eigenvalue weighted by molar-refractivity contribution is -0.384. The van der Waals surface area contributed by atoms with Crippen molar-refractivity contribution < 1.29 is 9.72 Å². The Morgan fingerprint density at radius 1 is 1.36 bits per heavy atom. The van der Waals surface area contributed by atoms with Gasteiger partial charge in [-0.2, -0.15) is 5.10 Å². The van der Waals surface area contributed by atoms with Gasteiger partial charge >= 0.3 is 0 Å². The molecule has 0 fully saturated rings. The van der Waals surface area contributed by atoms with Crippen molar-refractivity contribution in [1.82, 2.24) is 20.4 Å². The molecular formula is C15H11ClN6O3. The first-order valence-corrected chi connectivity index (χ1v) is 7.46. The van der Waals surface area contributed by atoms with E-state index in [2.05, 4.69) is 20.8 Å². The lowest BCUT2D eigenvalue weighted by Gasteiger charge is -2.01. The van der Waals surface area contributed by atoms with Gasteiger partial charge in [0.2, 0.25) is 0 Å². The quantitative estimate of drug-likeness (QED) is 0.426. The predicted octanol–water partition coefficient (Wildman–Crippen LogP) is 2.14. The van der Waals surface area contributed by atoms with Gasteiger partial charge < -0.3 is 0 Å². The molecule has 1 amide bonds. The number of hydrazone groups is 1. The maximum atomic E-state index is 11.9. The summed E-state index contributed by atoms with van der Waals surface area (Å²) in [5.74, 6) is -0.423. The van der Waals surface area contributed by atoms with Crippen molar-refractivity contribution in [2.75, 3.05) is 0 Å². The zero-order chi connectivity index (χ0) is 17.8. The molecule has 3 aromatic rings. The molecule has 0 saturated carbocycles. The van der Waals surface area contributed by atoms with E-state index in [1.165, 1.54) is 29.1 Å². The highest BCUT2D eigenvalue weighted by Gasteiger charge is 2.09. The van der Waals surface area contributed by atoms with E-state index >= 15 is 0 Å². The maximum Gasteiger partial charge on any atom is 0.270 e. The zero-order valence-corrected chi connectivity index (χ0v) is 13.4. The van der Waals surface area contributed by atoms with Crippen LogP contribution >= 0.6 is 11.6 Å². The highest BCUT2D eigenvalue weighted by molar-refractivity contribution is 6.33. The third kappa shape index (κ3) is 3.78. The Bertz CT molecular complexity index is 984. The number of aromatic nitrogens is 3. The molecule has 1 N–H and O–H groups in total. The molecule has 0 unspecified atom stereocenters. The fraction of sp³-hybridized carbons (Fsp3) is 0.0667. The van der Waals surface area contributed by atoms with Crippen LogP contribution in [0.1, 0.15) is 5.56 Å². The normalized spacial score (nSPS) is 11.1. The standard InChI is InChI=1S/C15H11ClN6O3/c16-12-6-5-11(22(24)25)7-10(12)8-17-19-15(23)9-21-14-4-2-1-3-13(14)18-20-21/h1-8H,9H2,(H,19,23)/b17-8+. The summed E-state index contributed by atoms with van der Waals surface area (Å²) < 4.78 is 1.44. The average molecular weight is 359 g/mol. The Kier molecular flexibility index (Phi) is 4.66. The SMILES string of the molecule is O=C(Cn1nnc2ccccc21)N/N=C/c1cc([N+](=O)[O-])ccc1Cl. The number of nitrogens with zero attached hydrogens (tertiary/aromatic N) is 5. The van der Waals surface area contributed by atoms with E-state index in [4.69, 9.17) is 11.6 Å². The van der Waals surface area contributed by atoms with Gasteiger partial charge in [-0.25, -0.2) is 10.1 Å². The molecule has 0 spiro atoms. The summed E-state index contributed by atoms with van der Waals surface area (Å²) in [5, 5.41) is 22.7. The van der Waals surface area contributed by atoms with Gasteiger partial charge in [-0.15, -0.1) is 5.10 Å². The number of para-hydroxylation sites is 1. The highest BCUT2D eigenvalue weighted by Crippen LogP contribution is 2.20. The molecular weight excluding hydrogens is 348 g/mol. The van der Waals surface area contributed by atoms with Crippen LogP contribution in [0.15, 0.2) is 47.6 Å². The fourth-order valence-corrected chi connectivity index (χ4v) is 2.29. The molecule has 2 aromatic carbocycles. The Morgan fingerprint density at radius 3 is 2.96 bits per heavy atom. The number of carbonyl (C=O) groups excluding carboxylic acids is 1. The molecule has 10 heteroatoms. The molecule has 9 nitrogen and oxygen atoms in total. The first-order valence-electron chi connectivity index (χ1n) is 7.08. The summed E-state index contributed by atoms with van der Waals surface area (Å²) in [7, 11) is 0. The summed E-state index contributed by atoms with van der Waals surface area (Å²) >= 11 is 5.95. The van der Waals surface area contributed by atoms with E-state index in [0.717, 1.165) is 5.52 Å². The van der Waals surface area contributed by atoms with E-state index in [1.807, 2.05) is 12.1 Å². The number of nitro benzene ring substituents is 1. The summed E-state index contributed by atoms with van der Waals surface area (Å²) in [6, 6.07) is 11.2. The second-order valence-corrected chi connectivity index (χ2v) is 5.40. The van der Waals surface area contributed by atoms with E-state index in [-0.39, 0.29) is 17.3 Å². The first kappa shape index (κ1) is 16.5. The lowest BCUT2D eigenvalue weighted by Crippen LogP contribution is -2.23. The number of hydrogen-bond donors (Lipinski definition) is 1. The van der Waals surface area contributed by atoms with Crippen molar-refractivity contribution in [3.8, 4) is 0 Å². The average Bonchev–Trinajstić information content (AvgIpc) is 2.99. The van der Waals surface area contributed by atoms with Crippen LogP contribution in [-0.2, 0) is 11.3 Å². The van der Waals surface area contributed by atoms with Crippen molar-refractivity contribution in [1.29, 1.82) is 0 Å². The number of benzene rings is 2. The largest absolute Gasteiger partial charge is 0.271 e. The fourth-order valence-electron chi connectivity index (χ4n) is 2.12.